The SMILES string of the molecule is CC(C)NCC1CCCN(C23CCC2C2CC([C@H](C)N4CC5(CCC(NC(C)C)CC5)C4)C23[C@H](C)N2CCC3(CCC(NC(C)C)CC3)C2)C1. The van der Waals surface area contributed by atoms with Crippen molar-refractivity contribution in [3.63, 3.8) is 0 Å². The zero-order valence-corrected chi connectivity index (χ0v) is 34.0. The highest BCUT2D eigenvalue weighted by atomic mass is 15.3. The molecule has 3 aliphatic heterocycles. The lowest BCUT2D eigenvalue weighted by molar-refractivity contribution is -0.387. The smallest absolute Gasteiger partial charge is 0.0317 e. The van der Waals surface area contributed by atoms with Crippen molar-refractivity contribution in [2.45, 2.75) is 193 Å². The molecule has 0 aromatic heterocycles. The van der Waals surface area contributed by atoms with Crippen LogP contribution in [-0.4, -0.2) is 108 Å². The summed E-state index contributed by atoms with van der Waals surface area (Å²) >= 11 is 0. The number of nitrogens with one attached hydrogen (secondary N) is 3. The minimum absolute atomic E-state index is 0.475. The van der Waals surface area contributed by atoms with Crippen LogP contribution in [0, 0.1) is 39.9 Å². The molecule has 0 amide bonds. The van der Waals surface area contributed by atoms with Crippen molar-refractivity contribution in [2.24, 2.45) is 39.9 Å². The Hall–Kier alpha value is -0.240. The number of nitrogens with zero attached hydrogens (tertiary/aromatic N) is 3. The molecular weight excluding hydrogens is 613 g/mol. The maximum absolute atomic E-state index is 3.90. The average Bonchev–Trinajstić information content (AvgIpc) is 3.46. The highest BCUT2D eigenvalue weighted by Gasteiger charge is 2.86. The van der Waals surface area contributed by atoms with E-state index in [2.05, 4.69) is 86.0 Å². The molecule has 6 unspecified atom stereocenters. The molecule has 3 heterocycles. The number of hydrogen-bond donors (Lipinski definition) is 3. The number of likely N-dealkylation sites (tertiary alicyclic amines) is 3. The lowest BCUT2D eigenvalue weighted by Crippen LogP contribution is -2.93. The molecule has 8 rings (SSSR count). The molecule has 50 heavy (non-hydrogen) atoms. The van der Waals surface area contributed by atoms with Gasteiger partial charge in [0.05, 0.1) is 0 Å². The molecule has 6 heteroatoms. The van der Waals surface area contributed by atoms with E-state index in [1.807, 2.05) is 0 Å². The molecule has 3 N–H and O–H groups in total. The van der Waals surface area contributed by atoms with E-state index in [1.165, 1.54) is 136 Å². The number of rotatable bonds is 12. The van der Waals surface area contributed by atoms with Crippen molar-refractivity contribution in [3.8, 4) is 0 Å². The molecular formula is C44H80N6. The van der Waals surface area contributed by atoms with E-state index in [0.29, 0.717) is 39.9 Å². The molecule has 286 valence electrons. The van der Waals surface area contributed by atoms with Gasteiger partial charge in [-0.1, -0.05) is 41.5 Å². The Balaban J connectivity index is 1.01. The molecule has 0 aromatic rings. The quantitative estimate of drug-likeness (QED) is 0.202. The second kappa shape index (κ2) is 13.8. The van der Waals surface area contributed by atoms with Gasteiger partial charge >= 0.3 is 0 Å². The third-order valence-corrected chi connectivity index (χ3v) is 17.5. The van der Waals surface area contributed by atoms with Gasteiger partial charge in [-0.05, 0) is 158 Å². The molecule has 5 saturated carbocycles. The van der Waals surface area contributed by atoms with Crippen LogP contribution in [0.4, 0.5) is 0 Å². The van der Waals surface area contributed by atoms with E-state index in [-0.39, 0.29) is 0 Å². The fourth-order valence-electron chi connectivity index (χ4n) is 15.1. The third kappa shape index (κ3) is 5.92. The number of hydrogen-bond acceptors (Lipinski definition) is 6. The standard InChI is InChI=1S/C44H80N6/c1-30(2)45-25-35-10-9-22-50(26-35)43-20-15-38(43)40-24-39(33(7)49-28-42(29-49)18-13-37(14-19-42)47-32(5)6)44(40,43)34(8)48-23-21-41(27-48)16-11-36(12-17-41)46-31(3)4/h30-40,45-47H,9-29H2,1-8H3/t33-,34-,35?,36?,38?,39?,40?,41?,43?,44?/m0/s1. The second-order valence-corrected chi connectivity index (χ2v) is 21.2. The largest absolute Gasteiger partial charge is 0.314 e. The summed E-state index contributed by atoms with van der Waals surface area (Å²) in [5.41, 5.74) is 2.17. The first kappa shape index (κ1) is 36.7. The van der Waals surface area contributed by atoms with Crippen molar-refractivity contribution < 1.29 is 0 Å². The predicted octanol–water partition coefficient (Wildman–Crippen LogP) is 7.13. The molecule has 5 aliphatic carbocycles. The summed E-state index contributed by atoms with van der Waals surface area (Å²) in [5.74, 6) is 3.64. The molecule has 0 bridgehead atoms. The highest BCUT2D eigenvalue weighted by molar-refractivity contribution is 5.38. The second-order valence-electron chi connectivity index (χ2n) is 21.2. The van der Waals surface area contributed by atoms with Gasteiger partial charge < -0.3 is 16.0 Å². The van der Waals surface area contributed by atoms with Gasteiger partial charge in [0.25, 0.3) is 0 Å². The van der Waals surface area contributed by atoms with Crippen LogP contribution in [0.5, 0.6) is 0 Å². The first-order valence-corrected chi connectivity index (χ1v) is 22.4. The minimum atomic E-state index is 0.475. The lowest BCUT2D eigenvalue weighted by atomic mass is 9.21. The van der Waals surface area contributed by atoms with Crippen molar-refractivity contribution in [1.82, 2.24) is 30.7 Å². The third-order valence-electron chi connectivity index (χ3n) is 17.5. The molecule has 8 atom stereocenters. The zero-order valence-electron chi connectivity index (χ0n) is 34.0. The summed E-state index contributed by atoms with van der Waals surface area (Å²) < 4.78 is 0. The highest BCUT2D eigenvalue weighted by Crippen LogP contribution is 2.83. The van der Waals surface area contributed by atoms with Gasteiger partial charge in [0.1, 0.15) is 0 Å². The maximum atomic E-state index is 3.90. The summed E-state index contributed by atoms with van der Waals surface area (Å²) in [5, 5.41) is 11.6. The van der Waals surface area contributed by atoms with Crippen molar-refractivity contribution in [2.75, 3.05) is 45.8 Å². The van der Waals surface area contributed by atoms with Gasteiger partial charge in [0.15, 0.2) is 0 Å². The molecule has 6 nitrogen and oxygen atoms in total. The van der Waals surface area contributed by atoms with Gasteiger partial charge in [-0.15, -0.1) is 0 Å². The fourth-order valence-corrected chi connectivity index (χ4v) is 15.1. The molecule has 0 radical (unpaired) electrons. The minimum Gasteiger partial charge on any atom is -0.314 e. The Morgan fingerprint density at radius 3 is 1.82 bits per heavy atom. The molecule has 2 spiro atoms. The summed E-state index contributed by atoms with van der Waals surface area (Å²) in [6, 6.07) is 4.78. The van der Waals surface area contributed by atoms with Gasteiger partial charge in [-0.2, -0.15) is 0 Å². The maximum Gasteiger partial charge on any atom is 0.0317 e. The predicted molar refractivity (Wildman–Crippen MR) is 210 cm³/mol. The monoisotopic (exact) mass is 693 g/mol. The Morgan fingerprint density at radius 1 is 0.620 bits per heavy atom. The van der Waals surface area contributed by atoms with Crippen LogP contribution >= 0.6 is 0 Å². The summed E-state index contributed by atoms with van der Waals surface area (Å²) in [4.78, 5) is 9.34. The molecule has 3 saturated heterocycles. The van der Waals surface area contributed by atoms with E-state index >= 15 is 0 Å². The molecule has 8 fully saturated rings. The number of piperidine rings is 1. The van der Waals surface area contributed by atoms with Crippen LogP contribution in [0.2, 0.25) is 0 Å². The van der Waals surface area contributed by atoms with Gasteiger partial charge in [0.2, 0.25) is 0 Å². The average molecular weight is 693 g/mol. The first-order valence-electron chi connectivity index (χ1n) is 22.4. The van der Waals surface area contributed by atoms with Crippen LogP contribution in [0.3, 0.4) is 0 Å². The summed E-state index contributed by atoms with van der Waals surface area (Å²) in [6.07, 6.45) is 20.2. The Kier molecular flexibility index (Phi) is 10.1. The lowest BCUT2D eigenvalue weighted by Gasteiger charge is -2.89. The van der Waals surface area contributed by atoms with Crippen LogP contribution in [-0.2, 0) is 0 Å². The topological polar surface area (TPSA) is 45.8 Å². The number of fused-ring (bicyclic) bond motifs is 4. The summed E-state index contributed by atoms with van der Waals surface area (Å²) in [6.45, 7) is 28.9. The van der Waals surface area contributed by atoms with Gasteiger partial charge in [0, 0.05) is 79.4 Å². The van der Waals surface area contributed by atoms with E-state index in [0.717, 1.165) is 47.8 Å². The molecule has 0 aromatic carbocycles. The van der Waals surface area contributed by atoms with E-state index in [1.54, 1.807) is 0 Å². The van der Waals surface area contributed by atoms with E-state index in [4.69, 9.17) is 0 Å². The van der Waals surface area contributed by atoms with Crippen LogP contribution in [0.15, 0.2) is 0 Å². The normalized spacial score (nSPS) is 40.4. The van der Waals surface area contributed by atoms with Gasteiger partial charge in [-0.25, -0.2) is 0 Å². The van der Waals surface area contributed by atoms with Crippen LogP contribution in [0.1, 0.15) is 145 Å². The van der Waals surface area contributed by atoms with E-state index in [9.17, 15) is 0 Å². The van der Waals surface area contributed by atoms with Crippen molar-refractivity contribution >= 4 is 0 Å². The van der Waals surface area contributed by atoms with Gasteiger partial charge in [-0.3, -0.25) is 14.7 Å². The van der Waals surface area contributed by atoms with E-state index < -0.39 is 0 Å². The van der Waals surface area contributed by atoms with Crippen molar-refractivity contribution in [1.29, 1.82) is 0 Å². The zero-order chi connectivity index (χ0) is 35.1. The Bertz CT molecular complexity index is 1160. The summed E-state index contributed by atoms with van der Waals surface area (Å²) in [7, 11) is 0. The van der Waals surface area contributed by atoms with Crippen LogP contribution < -0.4 is 16.0 Å². The fraction of sp³-hybridized carbons (Fsp3) is 1.00. The van der Waals surface area contributed by atoms with Crippen LogP contribution in [0.25, 0.3) is 0 Å². The van der Waals surface area contributed by atoms with Crippen molar-refractivity contribution in [3.05, 3.63) is 0 Å². The Labute approximate surface area is 308 Å². The Morgan fingerprint density at radius 2 is 1.24 bits per heavy atom. The molecule has 8 aliphatic rings. The first-order chi connectivity index (χ1) is 23.9.